The Labute approximate surface area is 133 Å². The molecule has 2 heterocycles. The number of nitrogens with zero attached hydrogens (tertiary/aromatic N) is 1. The van der Waals surface area contributed by atoms with Gasteiger partial charge in [0.15, 0.2) is 11.5 Å². The first-order valence-electron chi connectivity index (χ1n) is 7.24. The summed E-state index contributed by atoms with van der Waals surface area (Å²) >= 11 is 1.25. The summed E-state index contributed by atoms with van der Waals surface area (Å²) in [6.45, 7) is 3.74. The zero-order valence-corrected chi connectivity index (χ0v) is 13.1. The van der Waals surface area contributed by atoms with Crippen LogP contribution in [0.1, 0.15) is 18.5 Å². The molecule has 1 aromatic carbocycles. The van der Waals surface area contributed by atoms with Crippen molar-refractivity contribution in [2.24, 2.45) is 0 Å². The Morgan fingerprint density at radius 3 is 2.86 bits per heavy atom. The first-order valence-corrected chi connectivity index (χ1v) is 8.22. The van der Waals surface area contributed by atoms with E-state index in [1.54, 1.807) is 4.90 Å². The van der Waals surface area contributed by atoms with Gasteiger partial charge in [-0.2, -0.15) is 0 Å². The van der Waals surface area contributed by atoms with Crippen molar-refractivity contribution in [1.29, 1.82) is 0 Å². The molecule has 1 N–H and O–H groups in total. The molecule has 22 heavy (non-hydrogen) atoms. The fraction of sp³-hybridized carbons (Fsp3) is 0.467. The number of ether oxygens (including phenoxy) is 2. The normalized spacial score (nSPS) is 18.2. The molecule has 0 saturated carbocycles. The molecule has 1 atom stereocenters. The van der Waals surface area contributed by atoms with Gasteiger partial charge in [-0.1, -0.05) is 17.8 Å². The predicted molar refractivity (Wildman–Crippen MR) is 83.4 cm³/mol. The number of rotatable bonds is 4. The van der Waals surface area contributed by atoms with E-state index in [0.29, 0.717) is 25.5 Å². The number of nitrogens with one attached hydrogen (secondary N) is 1. The minimum absolute atomic E-state index is 0.0258. The van der Waals surface area contributed by atoms with E-state index in [1.165, 1.54) is 11.8 Å². The highest BCUT2D eigenvalue weighted by molar-refractivity contribution is 8.13. The highest BCUT2D eigenvalue weighted by atomic mass is 32.2. The van der Waals surface area contributed by atoms with Crippen LogP contribution in [0.25, 0.3) is 0 Å². The minimum atomic E-state index is -0.159. The molecule has 1 unspecified atom stereocenters. The summed E-state index contributed by atoms with van der Waals surface area (Å²) in [5, 5.41) is 2.89. The van der Waals surface area contributed by atoms with Gasteiger partial charge in [0.05, 0.1) is 6.04 Å². The second-order valence-electron chi connectivity index (χ2n) is 5.23. The summed E-state index contributed by atoms with van der Waals surface area (Å²) in [6, 6.07) is 5.49. The monoisotopic (exact) mass is 322 g/mol. The highest BCUT2D eigenvalue weighted by Crippen LogP contribution is 2.32. The number of hydrogen-bond donors (Lipinski definition) is 1. The fourth-order valence-electron chi connectivity index (χ4n) is 2.44. The second-order valence-corrected chi connectivity index (χ2v) is 6.27. The standard InChI is InChI=1S/C15H18N2O4S/c1-10(16-14(18)9-17-4-7-22-15(17)19)11-2-3-12-13(8-11)21-6-5-20-12/h2-3,8,10H,4-7,9H2,1H3,(H,16,18). The number of hydrogen-bond acceptors (Lipinski definition) is 5. The molecule has 1 aromatic rings. The lowest BCUT2D eigenvalue weighted by atomic mass is 10.1. The minimum Gasteiger partial charge on any atom is -0.486 e. The summed E-state index contributed by atoms with van der Waals surface area (Å²) in [5.41, 5.74) is 0.944. The van der Waals surface area contributed by atoms with Gasteiger partial charge in [-0.05, 0) is 24.6 Å². The molecule has 0 aliphatic carbocycles. The van der Waals surface area contributed by atoms with Gasteiger partial charge in [-0.25, -0.2) is 0 Å². The van der Waals surface area contributed by atoms with Gasteiger partial charge in [0, 0.05) is 12.3 Å². The molecular formula is C15H18N2O4S. The van der Waals surface area contributed by atoms with Crippen LogP contribution in [0, 0.1) is 0 Å². The molecule has 2 amide bonds. The summed E-state index contributed by atoms with van der Waals surface area (Å²) in [4.78, 5) is 25.1. The third-order valence-electron chi connectivity index (χ3n) is 3.62. The molecule has 0 radical (unpaired) electrons. The fourth-order valence-corrected chi connectivity index (χ4v) is 3.27. The van der Waals surface area contributed by atoms with E-state index in [0.717, 1.165) is 17.1 Å². The van der Waals surface area contributed by atoms with Gasteiger partial charge in [-0.15, -0.1) is 0 Å². The van der Waals surface area contributed by atoms with Gasteiger partial charge in [0.2, 0.25) is 5.91 Å². The van der Waals surface area contributed by atoms with Crippen LogP contribution < -0.4 is 14.8 Å². The van der Waals surface area contributed by atoms with Crippen molar-refractivity contribution < 1.29 is 19.1 Å². The third kappa shape index (κ3) is 3.30. The quantitative estimate of drug-likeness (QED) is 0.915. The van der Waals surface area contributed by atoms with Crippen molar-refractivity contribution in [2.45, 2.75) is 13.0 Å². The van der Waals surface area contributed by atoms with Gasteiger partial charge in [-0.3, -0.25) is 9.59 Å². The van der Waals surface area contributed by atoms with Crippen molar-refractivity contribution in [2.75, 3.05) is 32.1 Å². The van der Waals surface area contributed by atoms with Gasteiger partial charge < -0.3 is 19.7 Å². The smallest absolute Gasteiger partial charge is 0.282 e. The molecule has 0 bridgehead atoms. The average molecular weight is 322 g/mol. The summed E-state index contributed by atoms with van der Waals surface area (Å²) < 4.78 is 11.0. The molecule has 2 aliphatic rings. The number of carbonyl (C=O) groups is 2. The summed E-state index contributed by atoms with van der Waals surface area (Å²) in [5.74, 6) is 2.03. The van der Waals surface area contributed by atoms with Crippen LogP contribution in [0.4, 0.5) is 4.79 Å². The van der Waals surface area contributed by atoms with Crippen molar-refractivity contribution in [1.82, 2.24) is 10.2 Å². The first kappa shape index (κ1) is 15.0. The van der Waals surface area contributed by atoms with Gasteiger partial charge in [0.1, 0.15) is 19.8 Å². The van der Waals surface area contributed by atoms with Crippen molar-refractivity contribution in [3.05, 3.63) is 23.8 Å². The number of amides is 2. The SMILES string of the molecule is CC(NC(=O)CN1CCSC1=O)c1ccc2c(c1)OCCO2. The molecule has 0 spiro atoms. The van der Waals surface area contributed by atoms with E-state index < -0.39 is 0 Å². The number of carbonyl (C=O) groups excluding carboxylic acids is 2. The average Bonchev–Trinajstić information content (AvgIpc) is 2.91. The van der Waals surface area contributed by atoms with E-state index in [2.05, 4.69) is 5.32 Å². The van der Waals surface area contributed by atoms with Gasteiger partial charge >= 0.3 is 0 Å². The van der Waals surface area contributed by atoms with Crippen molar-refractivity contribution >= 4 is 22.9 Å². The Balaban J connectivity index is 1.60. The summed E-state index contributed by atoms with van der Waals surface area (Å²) in [6.07, 6.45) is 0. The van der Waals surface area contributed by atoms with Crippen LogP contribution in [0.2, 0.25) is 0 Å². The lowest BCUT2D eigenvalue weighted by Crippen LogP contribution is -2.38. The molecule has 7 heteroatoms. The van der Waals surface area contributed by atoms with Crippen LogP contribution in [-0.2, 0) is 4.79 Å². The maximum atomic E-state index is 12.0. The molecular weight excluding hydrogens is 304 g/mol. The Bertz CT molecular complexity index is 593. The van der Waals surface area contributed by atoms with E-state index >= 15 is 0 Å². The number of benzene rings is 1. The van der Waals surface area contributed by atoms with Gasteiger partial charge in [0.25, 0.3) is 5.24 Å². The molecule has 118 valence electrons. The van der Waals surface area contributed by atoms with E-state index in [4.69, 9.17) is 9.47 Å². The maximum Gasteiger partial charge on any atom is 0.282 e. The number of thioether (sulfide) groups is 1. The number of fused-ring (bicyclic) bond motifs is 1. The van der Waals surface area contributed by atoms with E-state index in [1.807, 2.05) is 25.1 Å². The second kappa shape index (κ2) is 6.48. The van der Waals surface area contributed by atoms with E-state index in [-0.39, 0.29) is 23.7 Å². The zero-order valence-electron chi connectivity index (χ0n) is 12.3. The zero-order chi connectivity index (χ0) is 15.5. The first-order chi connectivity index (χ1) is 10.6. The van der Waals surface area contributed by atoms with Crippen LogP contribution in [0.15, 0.2) is 18.2 Å². The molecule has 1 saturated heterocycles. The van der Waals surface area contributed by atoms with E-state index in [9.17, 15) is 9.59 Å². The summed E-state index contributed by atoms with van der Waals surface area (Å²) in [7, 11) is 0. The Morgan fingerprint density at radius 1 is 1.36 bits per heavy atom. The lowest BCUT2D eigenvalue weighted by molar-refractivity contribution is -0.122. The predicted octanol–water partition coefficient (Wildman–Crippen LogP) is 1.80. The Morgan fingerprint density at radius 2 is 2.14 bits per heavy atom. The Hall–Kier alpha value is -1.89. The van der Waals surface area contributed by atoms with Crippen LogP contribution in [0.5, 0.6) is 11.5 Å². The van der Waals surface area contributed by atoms with Crippen molar-refractivity contribution in [3.8, 4) is 11.5 Å². The topological polar surface area (TPSA) is 67.9 Å². The van der Waals surface area contributed by atoms with Crippen LogP contribution in [0.3, 0.4) is 0 Å². The molecule has 1 fully saturated rings. The third-order valence-corrected chi connectivity index (χ3v) is 4.51. The van der Waals surface area contributed by atoms with Crippen LogP contribution in [-0.4, -0.2) is 48.1 Å². The molecule has 2 aliphatic heterocycles. The molecule has 0 aromatic heterocycles. The molecule has 6 nitrogen and oxygen atoms in total. The highest BCUT2D eigenvalue weighted by Gasteiger charge is 2.24. The maximum absolute atomic E-state index is 12.0. The van der Waals surface area contributed by atoms with Crippen molar-refractivity contribution in [3.63, 3.8) is 0 Å². The largest absolute Gasteiger partial charge is 0.486 e. The van der Waals surface area contributed by atoms with Crippen LogP contribution >= 0.6 is 11.8 Å². The Kier molecular flexibility index (Phi) is 4.42. The molecule has 3 rings (SSSR count). The lowest BCUT2D eigenvalue weighted by Gasteiger charge is -2.22.